The zero-order valence-corrected chi connectivity index (χ0v) is 10.9. The van der Waals surface area contributed by atoms with Gasteiger partial charge in [0, 0.05) is 18.5 Å². The molecule has 2 N–H and O–H groups in total. The number of hydrogen-bond acceptors (Lipinski definition) is 3. The van der Waals surface area contributed by atoms with Gasteiger partial charge in [-0.25, -0.2) is 0 Å². The Bertz CT molecular complexity index is 283. The highest BCUT2D eigenvalue weighted by Gasteiger charge is 2.37. The minimum atomic E-state index is -0.158. The second-order valence-corrected chi connectivity index (χ2v) is 5.97. The average Bonchev–Trinajstić information content (AvgIpc) is 2.28. The van der Waals surface area contributed by atoms with E-state index in [0.717, 1.165) is 32.2 Å². The molecule has 0 unspecified atom stereocenters. The van der Waals surface area contributed by atoms with Gasteiger partial charge in [-0.1, -0.05) is 0 Å². The largest absolute Gasteiger partial charge is 0.377 e. The van der Waals surface area contributed by atoms with Crippen LogP contribution in [0.2, 0.25) is 0 Å². The zero-order valence-electron chi connectivity index (χ0n) is 10.9. The molecular weight excluding hydrogens is 216 g/mol. The fourth-order valence-electron chi connectivity index (χ4n) is 2.85. The fraction of sp³-hybridized carbons (Fsp3) is 0.923. The summed E-state index contributed by atoms with van der Waals surface area (Å²) >= 11 is 0. The standard InChI is InChI=1S/C13H24N2O2/c1-13(2)9-17-8-7-15(13)12(16)10-3-5-11(14)6-4-10/h10-11H,3-9,14H2,1-2H3. The van der Waals surface area contributed by atoms with Crippen LogP contribution in [0, 0.1) is 5.92 Å². The van der Waals surface area contributed by atoms with Crippen LogP contribution in [0.15, 0.2) is 0 Å². The number of carbonyl (C=O) groups is 1. The molecule has 0 spiro atoms. The third kappa shape index (κ3) is 2.80. The molecule has 0 atom stereocenters. The van der Waals surface area contributed by atoms with Crippen LogP contribution >= 0.6 is 0 Å². The monoisotopic (exact) mass is 240 g/mol. The summed E-state index contributed by atoms with van der Waals surface area (Å²) in [6.07, 6.45) is 3.88. The minimum absolute atomic E-state index is 0.158. The maximum Gasteiger partial charge on any atom is 0.226 e. The summed E-state index contributed by atoms with van der Waals surface area (Å²) in [5.74, 6) is 0.498. The summed E-state index contributed by atoms with van der Waals surface area (Å²) in [5, 5.41) is 0. The topological polar surface area (TPSA) is 55.6 Å². The van der Waals surface area contributed by atoms with Crippen LogP contribution in [0.1, 0.15) is 39.5 Å². The van der Waals surface area contributed by atoms with E-state index in [1.54, 1.807) is 0 Å². The molecule has 0 bridgehead atoms. The lowest BCUT2D eigenvalue weighted by atomic mass is 9.84. The van der Waals surface area contributed by atoms with Crippen LogP contribution < -0.4 is 5.73 Å². The first-order valence-corrected chi connectivity index (χ1v) is 6.65. The van der Waals surface area contributed by atoms with E-state index in [1.807, 2.05) is 4.90 Å². The van der Waals surface area contributed by atoms with Gasteiger partial charge in [0.2, 0.25) is 5.91 Å². The summed E-state index contributed by atoms with van der Waals surface area (Å²) in [6, 6.07) is 0.303. The SMILES string of the molecule is CC1(C)COCCN1C(=O)C1CCC(N)CC1. The van der Waals surface area contributed by atoms with Crippen LogP contribution in [0.5, 0.6) is 0 Å². The molecule has 0 aromatic rings. The van der Waals surface area contributed by atoms with Crippen LogP contribution in [0.3, 0.4) is 0 Å². The molecule has 1 aliphatic carbocycles. The van der Waals surface area contributed by atoms with Gasteiger partial charge >= 0.3 is 0 Å². The van der Waals surface area contributed by atoms with E-state index in [2.05, 4.69) is 13.8 Å². The van der Waals surface area contributed by atoms with Gasteiger partial charge in [-0.05, 0) is 39.5 Å². The number of nitrogens with zero attached hydrogens (tertiary/aromatic N) is 1. The van der Waals surface area contributed by atoms with Crippen molar-refractivity contribution in [1.82, 2.24) is 4.90 Å². The first-order chi connectivity index (χ1) is 8.00. The highest BCUT2D eigenvalue weighted by atomic mass is 16.5. The Morgan fingerprint density at radius 3 is 2.53 bits per heavy atom. The fourth-order valence-corrected chi connectivity index (χ4v) is 2.85. The predicted molar refractivity (Wildman–Crippen MR) is 66.5 cm³/mol. The van der Waals surface area contributed by atoms with Crippen molar-refractivity contribution in [2.45, 2.75) is 51.1 Å². The summed E-state index contributed by atoms with van der Waals surface area (Å²) in [5.41, 5.74) is 5.73. The highest BCUT2D eigenvalue weighted by molar-refractivity contribution is 5.79. The Kier molecular flexibility index (Phi) is 3.73. The van der Waals surface area contributed by atoms with Gasteiger partial charge in [0.1, 0.15) is 0 Å². The zero-order chi connectivity index (χ0) is 12.5. The van der Waals surface area contributed by atoms with Crippen molar-refractivity contribution in [3.8, 4) is 0 Å². The van der Waals surface area contributed by atoms with Crippen LogP contribution in [-0.2, 0) is 9.53 Å². The maximum atomic E-state index is 12.5. The van der Waals surface area contributed by atoms with Crippen molar-refractivity contribution in [3.63, 3.8) is 0 Å². The second-order valence-electron chi connectivity index (χ2n) is 5.97. The van der Waals surface area contributed by atoms with E-state index < -0.39 is 0 Å². The quantitative estimate of drug-likeness (QED) is 0.748. The molecule has 2 aliphatic rings. The second kappa shape index (κ2) is 4.94. The van der Waals surface area contributed by atoms with E-state index >= 15 is 0 Å². The first kappa shape index (κ1) is 12.8. The molecule has 17 heavy (non-hydrogen) atoms. The molecule has 4 heteroatoms. The van der Waals surface area contributed by atoms with Crippen LogP contribution in [0.4, 0.5) is 0 Å². The molecule has 98 valence electrons. The van der Waals surface area contributed by atoms with Gasteiger partial charge in [-0.3, -0.25) is 4.79 Å². The van der Waals surface area contributed by atoms with E-state index in [0.29, 0.717) is 25.2 Å². The number of rotatable bonds is 1. The predicted octanol–water partition coefficient (Wildman–Crippen LogP) is 1.14. The number of morpholine rings is 1. The van der Waals surface area contributed by atoms with Gasteiger partial charge in [0.25, 0.3) is 0 Å². The molecule has 0 aromatic heterocycles. The lowest BCUT2D eigenvalue weighted by Crippen LogP contribution is -2.57. The molecule has 0 radical (unpaired) electrons. The lowest BCUT2D eigenvalue weighted by Gasteiger charge is -2.44. The Balaban J connectivity index is 1.99. The van der Waals surface area contributed by atoms with Crippen molar-refractivity contribution in [1.29, 1.82) is 0 Å². The minimum Gasteiger partial charge on any atom is -0.377 e. The molecule has 4 nitrogen and oxygen atoms in total. The molecule has 1 saturated carbocycles. The summed E-state index contributed by atoms with van der Waals surface area (Å²) in [6.45, 7) is 6.21. The summed E-state index contributed by atoms with van der Waals surface area (Å²) in [4.78, 5) is 14.5. The van der Waals surface area contributed by atoms with E-state index in [1.165, 1.54) is 0 Å². The number of carbonyl (C=O) groups excluding carboxylic acids is 1. The Morgan fingerprint density at radius 1 is 1.29 bits per heavy atom. The lowest BCUT2D eigenvalue weighted by molar-refractivity contribution is -0.151. The Labute approximate surface area is 103 Å². The van der Waals surface area contributed by atoms with Gasteiger partial charge < -0.3 is 15.4 Å². The summed E-state index contributed by atoms with van der Waals surface area (Å²) in [7, 11) is 0. The first-order valence-electron chi connectivity index (χ1n) is 6.65. The van der Waals surface area contributed by atoms with Crippen molar-refractivity contribution >= 4 is 5.91 Å². The summed E-state index contributed by atoms with van der Waals surface area (Å²) < 4.78 is 5.46. The number of ether oxygens (including phenoxy) is 1. The third-order valence-electron chi connectivity index (χ3n) is 4.03. The average molecular weight is 240 g/mol. The molecule has 1 heterocycles. The Morgan fingerprint density at radius 2 is 1.94 bits per heavy atom. The van der Waals surface area contributed by atoms with Crippen molar-refractivity contribution in [2.75, 3.05) is 19.8 Å². The van der Waals surface area contributed by atoms with Gasteiger partial charge in [-0.2, -0.15) is 0 Å². The smallest absolute Gasteiger partial charge is 0.226 e. The molecule has 1 aliphatic heterocycles. The Hall–Kier alpha value is -0.610. The van der Waals surface area contributed by atoms with E-state index in [-0.39, 0.29) is 11.5 Å². The van der Waals surface area contributed by atoms with E-state index in [4.69, 9.17) is 10.5 Å². The molecule has 2 fully saturated rings. The molecule has 1 saturated heterocycles. The number of nitrogens with two attached hydrogens (primary N) is 1. The number of amides is 1. The van der Waals surface area contributed by atoms with Gasteiger partial charge in [0.15, 0.2) is 0 Å². The van der Waals surface area contributed by atoms with Gasteiger partial charge in [-0.15, -0.1) is 0 Å². The molecule has 1 amide bonds. The third-order valence-corrected chi connectivity index (χ3v) is 4.03. The van der Waals surface area contributed by atoms with E-state index in [9.17, 15) is 4.79 Å². The van der Waals surface area contributed by atoms with Crippen molar-refractivity contribution < 1.29 is 9.53 Å². The molecule has 0 aromatic carbocycles. The number of hydrogen-bond donors (Lipinski definition) is 1. The van der Waals surface area contributed by atoms with Crippen LogP contribution in [-0.4, -0.2) is 42.1 Å². The highest BCUT2D eigenvalue weighted by Crippen LogP contribution is 2.29. The molecular formula is C13H24N2O2. The molecule has 2 rings (SSSR count). The maximum absolute atomic E-state index is 12.5. The van der Waals surface area contributed by atoms with Crippen LogP contribution in [0.25, 0.3) is 0 Å². The van der Waals surface area contributed by atoms with Gasteiger partial charge in [0.05, 0.1) is 18.8 Å². The normalized spacial score (nSPS) is 33.5. The van der Waals surface area contributed by atoms with Crippen molar-refractivity contribution in [3.05, 3.63) is 0 Å². The van der Waals surface area contributed by atoms with Crippen molar-refractivity contribution in [2.24, 2.45) is 11.7 Å².